The fraction of sp³-hybridized carbons (Fsp3) is 0.333. The van der Waals surface area contributed by atoms with Crippen LogP contribution in [0.5, 0.6) is 5.75 Å². The fourth-order valence-corrected chi connectivity index (χ4v) is 5.32. The van der Waals surface area contributed by atoms with Crippen LogP contribution in [0.15, 0.2) is 47.4 Å². The number of fused-ring (bicyclic) bond motifs is 1. The number of sulfonamides is 1. The van der Waals surface area contributed by atoms with Gasteiger partial charge in [-0.3, -0.25) is 24.6 Å². The van der Waals surface area contributed by atoms with Crippen LogP contribution in [0.25, 0.3) is 0 Å². The Morgan fingerprint density at radius 3 is 2.53 bits per heavy atom. The highest BCUT2D eigenvalue weighted by molar-refractivity contribution is 7.89. The van der Waals surface area contributed by atoms with Gasteiger partial charge in [-0.05, 0) is 36.8 Å². The molecule has 2 aromatic carbocycles. The SMILES string of the molecule is O=C(CN1C(=O)COc2ccc([N+](=O)[O-])cc21)N1CCCN(S(=O)(=O)c2ccc(F)cc2)CC1. The molecule has 2 aromatic rings. The summed E-state index contributed by atoms with van der Waals surface area (Å²) in [6.45, 7) is -0.0867. The van der Waals surface area contributed by atoms with Crippen molar-refractivity contribution >= 4 is 33.2 Å². The van der Waals surface area contributed by atoms with E-state index < -0.39 is 32.6 Å². The van der Waals surface area contributed by atoms with Gasteiger partial charge >= 0.3 is 0 Å². The maximum absolute atomic E-state index is 13.2. The lowest BCUT2D eigenvalue weighted by atomic mass is 10.2. The van der Waals surface area contributed by atoms with Gasteiger partial charge in [0.05, 0.1) is 15.5 Å². The van der Waals surface area contributed by atoms with Gasteiger partial charge < -0.3 is 9.64 Å². The van der Waals surface area contributed by atoms with Gasteiger partial charge in [-0.1, -0.05) is 0 Å². The predicted molar refractivity (Wildman–Crippen MR) is 117 cm³/mol. The molecule has 0 bridgehead atoms. The lowest BCUT2D eigenvalue weighted by Gasteiger charge is -2.30. The first-order chi connectivity index (χ1) is 16.2. The number of nitro benzene ring substituents is 1. The third-order valence-corrected chi connectivity index (χ3v) is 7.56. The Morgan fingerprint density at radius 2 is 1.82 bits per heavy atom. The Balaban J connectivity index is 1.47. The van der Waals surface area contributed by atoms with Crippen molar-refractivity contribution < 1.29 is 32.1 Å². The first-order valence-corrected chi connectivity index (χ1v) is 11.9. The minimum absolute atomic E-state index is 0.0323. The number of ether oxygens (including phenoxy) is 1. The number of halogens is 1. The molecule has 180 valence electrons. The molecule has 1 fully saturated rings. The van der Waals surface area contributed by atoms with Crippen LogP contribution >= 0.6 is 0 Å². The summed E-state index contributed by atoms with van der Waals surface area (Å²) in [7, 11) is -3.86. The number of benzene rings is 2. The van der Waals surface area contributed by atoms with Crippen LogP contribution in [0.3, 0.4) is 0 Å². The molecule has 0 N–H and O–H groups in total. The lowest BCUT2D eigenvalue weighted by Crippen LogP contribution is -2.47. The van der Waals surface area contributed by atoms with Crippen molar-refractivity contribution in [3.8, 4) is 5.75 Å². The molecule has 2 aliphatic rings. The van der Waals surface area contributed by atoms with E-state index in [0.717, 1.165) is 17.0 Å². The van der Waals surface area contributed by atoms with E-state index in [1.54, 1.807) is 0 Å². The van der Waals surface area contributed by atoms with Crippen LogP contribution in [0, 0.1) is 15.9 Å². The van der Waals surface area contributed by atoms with Gasteiger partial charge in [0.25, 0.3) is 11.6 Å². The molecule has 0 unspecified atom stereocenters. The smallest absolute Gasteiger partial charge is 0.271 e. The summed E-state index contributed by atoms with van der Waals surface area (Å²) in [5.74, 6) is -1.23. The Labute approximate surface area is 194 Å². The zero-order valence-corrected chi connectivity index (χ0v) is 18.7. The highest BCUT2D eigenvalue weighted by Gasteiger charge is 2.32. The average Bonchev–Trinajstić information content (AvgIpc) is 3.08. The Bertz CT molecular complexity index is 1240. The predicted octanol–water partition coefficient (Wildman–Crippen LogP) is 1.38. The number of nitrogens with zero attached hydrogens (tertiary/aromatic N) is 4. The summed E-state index contributed by atoms with van der Waals surface area (Å²) >= 11 is 0. The molecule has 2 aliphatic heterocycles. The van der Waals surface area contributed by atoms with E-state index >= 15 is 0 Å². The third kappa shape index (κ3) is 4.70. The zero-order chi connectivity index (χ0) is 24.5. The Hall–Kier alpha value is -3.58. The number of nitro groups is 1. The quantitative estimate of drug-likeness (QED) is 0.455. The van der Waals surface area contributed by atoms with Gasteiger partial charge in [0.1, 0.15) is 18.1 Å². The monoisotopic (exact) mass is 492 g/mol. The second-order valence-electron chi connectivity index (χ2n) is 7.77. The molecule has 0 atom stereocenters. The van der Waals surface area contributed by atoms with Gasteiger partial charge in [0.2, 0.25) is 15.9 Å². The summed E-state index contributed by atoms with van der Waals surface area (Å²) < 4.78 is 45.5. The molecule has 0 aromatic heterocycles. The molecule has 0 saturated carbocycles. The van der Waals surface area contributed by atoms with Crippen molar-refractivity contribution in [1.82, 2.24) is 9.21 Å². The molecule has 0 aliphatic carbocycles. The standard InChI is InChI=1S/C21H21FN4O7S/c22-15-2-5-17(6-3-15)34(31,32)24-9-1-8-23(10-11-24)20(27)13-25-18-12-16(26(29)30)4-7-19(18)33-14-21(25)28/h2-7,12H,1,8-11,13-14H2. The molecule has 13 heteroatoms. The molecule has 2 heterocycles. The van der Waals surface area contributed by atoms with Crippen LogP contribution < -0.4 is 9.64 Å². The van der Waals surface area contributed by atoms with E-state index in [9.17, 15) is 32.5 Å². The highest BCUT2D eigenvalue weighted by atomic mass is 32.2. The first-order valence-electron chi connectivity index (χ1n) is 10.4. The van der Waals surface area contributed by atoms with E-state index in [2.05, 4.69) is 0 Å². The summed E-state index contributed by atoms with van der Waals surface area (Å²) in [5.41, 5.74) is -0.111. The van der Waals surface area contributed by atoms with Crippen LogP contribution in [-0.4, -0.2) is 73.7 Å². The molecular weight excluding hydrogens is 471 g/mol. The normalized spacial score (nSPS) is 17.0. The van der Waals surface area contributed by atoms with Gasteiger partial charge in [-0.25, -0.2) is 12.8 Å². The Morgan fingerprint density at radius 1 is 1.09 bits per heavy atom. The number of hydrogen-bond donors (Lipinski definition) is 0. The van der Waals surface area contributed by atoms with Crippen molar-refractivity contribution in [2.75, 3.05) is 44.2 Å². The molecule has 4 rings (SSSR count). The second-order valence-corrected chi connectivity index (χ2v) is 9.71. The lowest BCUT2D eigenvalue weighted by molar-refractivity contribution is -0.384. The maximum atomic E-state index is 13.2. The van der Waals surface area contributed by atoms with Crippen LogP contribution in [-0.2, 0) is 19.6 Å². The number of carbonyl (C=O) groups is 2. The van der Waals surface area contributed by atoms with Gasteiger partial charge in [-0.2, -0.15) is 4.31 Å². The molecule has 34 heavy (non-hydrogen) atoms. The molecule has 1 saturated heterocycles. The highest BCUT2D eigenvalue weighted by Crippen LogP contribution is 2.35. The van der Waals surface area contributed by atoms with Crippen molar-refractivity contribution in [2.24, 2.45) is 0 Å². The number of rotatable bonds is 5. The summed E-state index contributed by atoms with van der Waals surface area (Å²) in [6, 6.07) is 8.34. The summed E-state index contributed by atoms with van der Waals surface area (Å²) in [4.78, 5) is 38.5. The van der Waals surface area contributed by atoms with Gasteiger partial charge in [0, 0.05) is 38.3 Å². The van der Waals surface area contributed by atoms with E-state index in [-0.39, 0.29) is 61.4 Å². The summed E-state index contributed by atoms with van der Waals surface area (Å²) in [6.07, 6.45) is 0.366. The zero-order valence-electron chi connectivity index (χ0n) is 17.9. The van der Waals surface area contributed by atoms with E-state index in [4.69, 9.17) is 4.74 Å². The number of hydrogen-bond acceptors (Lipinski definition) is 7. The molecule has 11 nitrogen and oxygen atoms in total. The number of non-ortho nitro benzene ring substituents is 1. The minimum Gasteiger partial charge on any atom is -0.482 e. The summed E-state index contributed by atoms with van der Waals surface area (Å²) in [5, 5.41) is 11.1. The van der Waals surface area contributed by atoms with Crippen LogP contribution in [0.1, 0.15) is 6.42 Å². The van der Waals surface area contributed by atoms with Crippen molar-refractivity contribution in [1.29, 1.82) is 0 Å². The van der Waals surface area contributed by atoms with Crippen molar-refractivity contribution in [2.45, 2.75) is 11.3 Å². The van der Waals surface area contributed by atoms with E-state index in [1.165, 1.54) is 39.5 Å². The van der Waals surface area contributed by atoms with Crippen molar-refractivity contribution in [3.63, 3.8) is 0 Å². The number of anilines is 1. The largest absolute Gasteiger partial charge is 0.482 e. The van der Waals surface area contributed by atoms with Crippen LogP contribution in [0.4, 0.5) is 15.8 Å². The maximum Gasteiger partial charge on any atom is 0.271 e. The Kier molecular flexibility index (Phi) is 6.48. The topological polar surface area (TPSA) is 130 Å². The molecule has 0 spiro atoms. The number of carbonyl (C=O) groups excluding carboxylic acids is 2. The molecular formula is C21H21FN4O7S. The number of amides is 2. The second kappa shape index (κ2) is 9.35. The van der Waals surface area contributed by atoms with Gasteiger partial charge in [0.15, 0.2) is 6.61 Å². The van der Waals surface area contributed by atoms with Gasteiger partial charge in [-0.15, -0.1) is 0 Å². The molecule has 2 amide bonds. The van der Waals surface area contributed by atoms with Crippen LogP contribution in [0.2, 0.25) is 0 Å². The van der Waals surface area contributed by atoms with E-state index in [1.807, 2.05) is 0 Å². The fourth-order valence-electron chi connectivity index (χ4n) is 3.85. The average molecular weight is 492 g/mol. The molecule has 0 radical (unpaired) electrons. The van der Waals surface area contributed by atoms with E-state index in [0.29, 0.717) is 6.42 Å². The van der Waals surface area contributed by atoms with Crippen molar-refractivity contribution in [3.05, 3.63) is 58.4 Å². The first kappa shape index (κ1) is 23.6. The third-order valence-electron chi connectivity index (χ3n) is 5.65. The minimum atomic E-state index is -3.86.